The Morgan fingerprint density at radius 2 is 2.25 bits per heavy atom. The molecule has 16 heavy (non-hydrogen) atoms. The fourth-order valence-corrected chi connectivity index (χ4v) is 2.15. The van der Waals surface area contributed by atoms with E-state index in [4.69, 9.17) is 5.11 Å². The Morgan fingerprint density at radius 3 is 2.75 bits per heavy atom. The van der Waals surface area contributed by atoms with Gasteiger partial charge in [0, 0.05) is 13.2 Å². The normalized spacial score (nSPS) is 11.4. The van der Waals surface area contributed by atoms with Crippen molar-refractivity contribution in [3.05, 3.63) is 11.9 Å². The lowest BCUT2D eigenvalue weighted by atomic mass is 10.3. The fraction of sp³-hybridized carbons (Fsp3) is 0.500. The molecule has 0 aliphatic rings. The Kier molecular flexibility index (Phi) is 3.53. The summed E-state index contributed by atoms with van der Waals surface area (Å²) in [6.07, 6.45) is 2.06. The number of carboxylic acid groups (broad SMARTS) is 1. The van der Waals surface area contributed by atoms with Crippen LogP contribution in [0.2, 0.25) is 0 Å². The van der Waals surface area contributed by atoms with Gasteiger partial charge in [0.05, 0.1) is 11.4 Å². The van der Waals surface area contributed by atoms with Crippen LogP contribution in [-0.2, 0) is 28.3 Å². The second-order valence-corrected chi connectivity index (χ2v) is 4.99. The number of hydrogen-bond donors (Lipinski definition) is 2. The van der Waals surface area contributed by atoms with Crippen LogP contribution >= 0.6 is 0 Å². The van der Waals surface area contributed by atoms with Crippen LogP contribution in [-0.4, -0.2) is 35.0 Å². The molecule has 2 N–H and O–H groups in total. The fourth-order valence-electron chi connectivity index (χ4n) is 1.25. The average molecular weight is 247 g/mol. The Hall–Kier alpha value is -1.57. The molecule has 0 unspecified atom stereocenters. The van der Waals surface area contributed by atoms with Gasteiger partial charge in [0.25, 0.3) is 0 Å². The first-order valence-electron chi connectivity index (χ1n) is 4.59. The van der Waals surface area contributed by atoms with Crippen molar-refractivity contribution in [2.45, 2.75) is 13.3 Å². The summed E-state index contributed by atoms with van der Waals surface area (Å²) in [6.45, 7) is 1.83. The van der Waals surface area contributed by atoms with Crippen LogP contribution in [0, 0.1) is 0 Å². The molecule has 1 heterocycles. The second-order valence-electron chi connectivity index (χ2n) is 3.27. The van der Waals surface area contributed by atoms with Gasteiger partial charge in [0.15, 0.2) is 5.75 Å². The van der Waals surface area contributed by atoms with Crippen LogP contribution in [0.15, 0.2) is 6.20 Å². The second kappa shape index (κ2) is 4.52. The lowest BCUT2D eigenvalue weighted by Crippen LogP contribution is -2.22. The highest BCUT2D eigenvalue weighted by molar-refractivity contribution is 7.93. The smallest absolute Gasteiger partial charge is 0.320 e. The van der Waals surface area contributed by atoms with E-state index in [1.807, 2.05) is 6.92 Å². The molecule has 0 saturated carbocycles. The van der Waals surface area contributed by atoms with Gasteiger partial charge in [-0.15, -0.1) is 0 Å². The van der Waals surface area contributed by atoms with Gasteiger partial charge < -0.3 is 5.11 Å². The van der Waals surface area contributed by atoms with E-state index in [1.165, 1.54) is 10.9 Å². The van der Waals surface area contributed by atoms with Gasteiger partial charge in [-0.3, -0.25) is 14.2 Å². The number of anilines is 1. The quantitative estimate of drug-likeness (QED) is 0.750. The molecule has 0 atom stereocenters. The van der Waals surface area contributed by atoms with Crippen LogP contribution in [0.25, 0.3) is 0 Å². The topological polar surface area (TPSA) is 101 Å². The zero-order chi connectivity index (χ0) is 12.3. The predicted molar refractivity (Wildman–Crippen MR) is 57.6 cm³/mol. The van der Waals surface area contributed by atoms with Crippen LogP contribution < -0.4 is 4.72 Å². The van der Waals surface area contributed by atoms with E-state index in [0.717, 1.165) is 0 Å². The van der Waals surface area contributed by atoms with Crippen molar-refractivity contribution in [2.24, 2.45) is 7.05 Å². The van der Waals surface area contributed by atoms with Crippen molar-refractivity contribution < 1.29 is 18.3 Å². The van der Waals surface area contributed by atoms with Crippen LogP contribution in [0.1, 0.15) is 12.6 Å². The summed E-state index contributed by atoms with van der Waals surface area (Å²) in [5, 5.41) is 12.5. The Labute approximate surface area is 93.1 Å². The third kappa shape index (κ3) is 3.23. The third-order valence-electron chi connectivity index (χ3n) is 1.82. The number of nitrogens with one attached hydrogen (secondary N) is 1. The molecule has 0 amide bonds. The molecule has 90 valence electrons. The molecule has 0 aliphatic carbocycles. The Bertz CT molecular complexity index is 491. The minimum atomic E-state index is -3.86. The lowest BCUT2D eigenvalue weighted by molar-refractivity contribution is -0.134. The van der Waals surface area contributed by atoms with E-state index in [9.17, 15) is 13.2 Å². The molecule has 8 heteroatoms. The van der Waals surface area contributed by atoms with Gasteiger partial charge in [-0.05, 0) is 6.42 Å². The summed E-state index contributed by atoms with van der Waals surface area (Å²) in [7, 11) is -2.20. The first kappa shape index (κ1) is 12.5. The Morgan fingerprint density at radius 1 is 1.62 bits per heavy atom. The zero-order valence-electron chi connectivity index (χ0n) is 8.97. The number of aryl methyl sites for hydroxylation is 2. The molecule has 1 aromatic rings. The van der Waals surface area contributed by atoms with E-state index < -0.39 is 21.7 Å². The molecule has 0 aromatic carbocycles. The molecular weight excluding hydrogens is 234 g/mol. The number of carbonyl (C=O) groups is 1. The molecule has 1 rings (SSSR count). The van der Waals surface area contributed by atoms with Crippen molar-refractivity contribution in [1.82, 2.24) is 9.78 Å². The number of rotatable bonds is 5. The molecule has 7 nitrogen and oxygen atoms in total. The van der Waals surface area contributed by atoms with E-state index >= 15 is 0 Å². The summed E-state index contributed by atoms with van der Waals surface area (Å²) in [5.41, 5.74) is 0.905. The van der Waals surface area contributed by atoms with Crippen molar-refractivity contribution in [3.8, 4) is 0 Å². The van der Waals surface area contributed by atoms with E-state index in [-0.39, 0.29) is 0 Å². The minimum absolute atomic E-state index is 0.325. The molecule has 0 bridgehead atoms. The molecule has 0 radical (unpaired) electrons. The summed E-state index contributed by atoms with van der Waals surface area (Å²) in [5.74, 6) is -2.35. The van der Waals surface area contributed by atoms with Crippen molar-refractivity contribution in [3.63, 3.8) is 0 Å². The minimum Gasteiger partial charge on any atom is -0.480 e. The maximum atomic E-state index is 11.4. The number of aliphatic carboxylic acids is 1. The van der Waals surface area contributed by atoms with Gasteiger partial charge in [0.1, 0.15) is 0 Å². The zero-order valence-corrected chi connectivity index (χ0v) is 9.78. The largest absolute Gasteiger partial charge is 0.480 e. The van der Waals surface area contributed by atoms with Crippen molar-refractivity contribution >= 4 is 21.7 Å². The lowest BCUT2D eigenvalue weighted by Gasteiger charge is -2.04. The maximum Gasteiger partial charge on any atom is 0.320 e. The van der Waals surface area contributed by atoms with Crippen LogP contribution in [0.4, 0.5) is 5.69 Å². The highest BCUT2D eigenvalue weighted by Gasteiger charge is 2.18. The average Bonchev–Trinajstić information content (AvgIpc) is 2.42. The summed E-state index contributed by atoms with van der Waals surface area (Å²) >= 11 is 0. The SMILES string of the molecule is CCc1nn(C)cc1NS(=O)(=O)CC(=O)O. The molecule has 0 spiro atoms. The van der Waals surface area contributed by atoms with Crippen molar-refractivity contribution in [2.75, 3.05) is 10.5 Å². The monoisotopic (exact) mass is 247 g/mol. The first-order valence-corrected chi connectivity index (χ1v) is 6.24. The number of sulfonamides is 1. The van der Waals surface area contributed by atoms with Gasteiger partial charge in [-0.1, -0.05) is 6.92 Å². The molecule has 1 aromatic heterocycles. The Balaban J connectivity index is 2.91. The van der Waals surface area contributed by atoms with Gasteiger partial charge in [-0.25, -0.2) is 8.42 Å². The number of hydrogen-bond acceptors (Lipinski definition) is 4. The molecule has 0 fully saturated rings. The van der Waals surface area contributed by atoms with E-state index in [2.05, 4.69) is 9.82 Å². The maximum absolute atomic E-state index is 11.4. The summed E-state index contributed by atoms with van der Waals surface area (Å²) < 4.78 is 26.4. The predicted octanol–water partition coefficient (Wildman–Crippen LogP) is -0.191. The van der Waals surface area contributed by atoms with E-state index in [1.54, 1.807) is 7.05 Å². The number of carboxylic acids is 1. The van der Waals surface area contributed by atoms with E-state index in [0.29, 0.717) is 17.8 Å². The summed E-state index contributed by atoms with van der Waals surface area (Å²) in [6, 6.07) is 0. The van der Waals surface area contributed by atoms with Gasteiger partial charge in [-0.2, -0.15) is 5.10 Å². The third-order valence-corrected chi connectivity index (χ3v) is 2.98. The standard InChI is InChI=1S/C8H13N3O4S/c1-3-6-7(4-11(2)9-6)10-16(14,15)5-8(12)13/h4,10H,3,5H2,1-2H3,(H,12,13). The van der Waals surface area contributed by atoms with Crippen molar-refractivity contribution in [1.29, 1.82) is 0 Å². The van der Waals surface area contributed by atoms with Gasteiger partial charge >= 0.3 is 5.97 Å². The summed E-state index contributed by atoms with van der Waals surface area (Å²) in [4.78, 5) is 10.3. The highest BCUT2D eigenvalue weighted by atomic mass is 32.2. The van der Waals surface area contributed by atoms with Gasteiger partial charge in [0.2, 0.25) is 10.0 Å². The van der Waals surface area contributed by atoms with Crippen LogP contribution in [0.3, 0.4) is 0 Å². The molecular formula is C8H13N3O4S. The first-order chi connectivity index (χ1) is 7.34. The molecule has 0 aliphatic heterocycles. The number of nitrogens with zero attached hydrogens (tertiary/aromatic N) is 2. The van der Waals surface area contributed by atoms with Crippen LogP contribution in [0.5, 0.6) is 0 Å². The molecule has 0 saturated heterocycles. The number of aromatic nitrogens is 2. The highest BCUT2D eigenvalue weighted by Crippen LogP contribution is 2.15.